The molecule has 3 nitrogen and oxygen atoms in total. The third-order valence-corrected chi connectivity index (χ3v) is 5.67. The van der Waals surface area contributed by atoms with Crippen LogP contribution in [0.2, 0.25) is 0 Å². The number of nitrogens with one attached hydrogen (secondary N) is 1. The first-order valence-electron chi connectivity index (χ1n) is 11.0. The highest BCUT2D eigenvalue weighted by Gasteiger charge is 2.21. The molecule has 1 aliphatic rings. The van der Waals surface area contributed by atoms with Gasteiger partial charge in [0, 0.05) is 5.92 Å². The maximum absolute atomic E-state index is 6.25. The Hall–Kier alpha value is -1.71. The smallest absolute Gasteiger partial charge is 0.122 e. The lowest BCUT2D eigenvalue weighted by Gasteiger charge is -2.27. The number of para-hydroxylation sites is 1. The van der Waals surface area contributed by atoms with Crippen molar-refractivity contribution in [3.05, 3.63) is 59.7 Å². The van der Waals surface area contributed by atoms with E-state index < -0.39 is 0 Å². The molecule has 0 radical (unpaired) electrons. The molecule has 2 unspecified atom stereocenters. The molecule has 0 aromatic heterocycles. The molecule has 2 aromatic rings. The molecule has 2 atom stereocenters. The number of aryl methyl sites for hydroxylation is 2. The second-order valence-corrected chi connectivity index (χ2v) is 8.13. The second-order valence-electron chi connectivity index (χ2n) is 8.13. The molecule has 1 N–H and O–H groups in total. The Bertz CT molecular complexity index is 721. The number of hydrogen-bond acceptors (Lipinski definition) is 2. The zero-order valence-corrected chi connectivity index (χ0v) is 18.7. The molecule has 0 bridgehead atoms. The lowest BCUT2D eigenvalue weighted by atomic mass is 9.99. The fraction of sp³-hybridized carbons (Fsp3) is 0.520. The van der Waals surface area contributed by atoms with E-state index in [1.54, 1.807) is 4.90 Å². The van der Waals surface area contributed by atoms with E-state index in [2.05, 4.69) is 49.5 Å². The summed E-state index contributed by atoms with van der Waals surface area (Å²) in [6, 6.07) is 17.1. The van der Waals surface area contributed by atoms with Gasteiger partial charge in [-0.1, -0.05) is 30.3 Å². The molecular formula is C25H36ClNO2. The lowest BCUT2D eigenvalue weighted by Crippen LogP contribution is -3.10. The SMILES string of the molecule is CCOc1cccc(CCCCc2ccccc2OCC2CCC[NH+](C)C2)c1.[Cl-]. The molecule has 1 saturated heterocycles. The van der Waals surface area contributed by atoms with Crippen LogP contribution >= 0.6 is 0 Å². The van der Waals surface area contributed by atoms with Gasteiger partial charge in [0.05, 0.1) is 33.4 Å². The van der Waals surface area contributed by atoms with Crippen LogP contribution in [0.4, 0.5) is 0 Å². The van der Waals surface area contributed by atoms with Crippen molar-refractivity contribution in [2.24, 2.45) is 5.92 Å². The minimum absolute atomic E-state index is 0. The summed E-state index contributed by atoms with van der Waals surface area (Å²) < 4.78 is 11.9. The fourth-order valence-corrected chi connectivity index (χ4v) is 4.19. The molecule has 0 saturated carbocycles. The molecule has 1 heterocycles. The van der Waals surface area contributed by atoms with Gasteiger partial charge < -0.3 is 26.8 Å². The van der Waals surface area contributed by atoms with Gasteiger partial charge in [-0.15, -0.1) is 0 Å². The Morgan fingerprint density at radius 2 is 1.83 bits per heavy atom. The number of ether oxygens (including phenoxy) is 2. The number of likely N-dealkylation sites (tertiary alicyclic amines) is 1. The first-order valence-corrected chi connectivity index (χ1v) is 11.0. The average Bonchev–Trinajstić information content (AvgIpc) is 2.71. The van der Waals surface area contributed by atoms with Gasteiger partial charge in [-0.3, -0.25) is 0 Å². The Morgan fingerprint density at radius 3 is 2.66 bits per heavy atom. The first kappa shape index (κ1) is 23.6. The number of benzene rings is 2. The molecule has 1 fully saturated rings. The summed E-state index contributed by atoms with van der Waals surface area (Å²) in [5, 5.41) is 0. The van der Waals surface area contributed by atoms with E-state index in [0.29, 0.717) is 5.92 Å². The molecule has 29 heavy (non-hydrogen) atoms. The Morgan fingerprint density at radius 1 is 1.00 bits per heavy atom. The highest BCUT2D eigenvalue weighted by molar-refractivity contribution is 5.33. The molecule has 160 valence electrons. The van der Waals surface area contributed by atoms with Crippen molar-refractivity contribution in [3.8, 4) is 11.5 Å². The molecule has 1 aliphatic heterocycles. The van der Waals surface area contributed by atoms with Gasteiger partial charge in [0.15, 0.2) is 0 Å². The van der Waals surface area contributed by atoms with Crippen LogP contribution in [0.25, 0.3) is 0 Å². The zero-order valence-electron chi connectivity index (χ0n) is 18.0. The summed E-state index contributed by atoms with van der Waals surface area (Å²) in [5.41, 5.74) is 2.71. The van der Waals surface area contributed by atoms with E-state index in [1.807, 2.05) is 13.0 Å². The van der Waals surface area contributed by atoms with E-state index in [-0.39, 0.29) is 12.4 Å². The van der Waals surface area contributed by atoms with Gasteiger partial charge in [0.2, 0.25) is 0 Å². The Kier molecular flexibility index (Phi) is 10.4. The minimum atomic E-state index is 0. The molecule has 0 aliphatic carbocycles. The number of hydrogen-bond donors (Lipinski definition) is 1. The third kappa shape index (κ3) is 7.91. The molecular weight excluding hydrogens is 382 g/mol. The largest absolute Gasteiger partial charge is 1.00 e. The van der Waals surface area contributed by atoms with E-state index >= 15 is 0 Å². The monoisotopic (exact) mass is 417 g/mol. The summed E-state index contributed by atoms with van der Waals surface area (Å²) >= 11 is 0. The van der Waals surface area contributed by atoms with Crippen LogP contribution in [0.15, 0.2) is 48.5 Å². The third-order valence-electron chi connectivity index (χ3n) is 5.67. The van der Waals surface area contributed by atoms with Crippen LogP contribution in [0, 0.1) is 5.92 Å². The number of quaternary nitrogens is 1. The van der Waals surface area contributed by atoms with Crippen molar-refractivity contribution in [3.63, 3.8) is 0 Å². The number of halogens is 1. The first-order chi connectivity index (χ1) is 13.7. The summed E-state index contributed by atoms with van der Waals surface area (Å²) in [6.45, 7) is 6.15. The quantitative estimate of drug-likeness (QED) is 0.582. The Balaban J connectivity index is 0.00000300. The van der Waals surface area contributed by atoms with Crippen molar-refractivity contribution < 1.29 is 26.8 Å². The van der Waals surface area contributed by atoms with E-state index in [9.17, 15) is 0 Å². The van der Waals surface area contributed by atoms with Gasteiger partial charge in [0.1, 0.15) is 11.5 Å². The second kappa shape index (κ2) is 12.8. The van der Waals surface area contributed by atoms with Crippen LogP contribution in [-0.4, -0.2) is 33.4 Å². The molecule has 3 rings (SSSR count). The normalized spacial score (nSPS) is 18.7. The van der Waals surface area contributed by atoms with Crippen molar-refractivity contribution in [1.29, 1.82) is 0 Å². The maximum Gasteiger partial charge on any atom is 0.122 e. The van der Waals surface area contributed by atoms with Gasteiger partial charge in [-0.2, -0.15) is 0 Å². The van der Waals surface area contributed by atoms with Crippen LogP contribution in [0.1, 0.15) is 43.7 Å². The van der Waals surface area contributed by atoms with Crippen LogP contribution in [-0.2, 0) is 12.8 Å². The number of unbranched alkanes of at least 4 members (excludes halogenated alkanes) is 1. The van der Waals surface area contributed by atoms with Crippen molar-refractivity contribution in [2.45, 2.75) is 45.4 Å². The number of rotatable bonds is 10. The summed E-state index contributed by atoms with van der Waals surface area (Å²) in [5.74, 6) is 2.76. The van der Waals surface area contributed by atoms with Gasteiger partial charge in [-0.05, 0) is 74.8 Å². The lowest BCUT2D eigenvalue weighted by molar-refractivity contribution is -0.888. The fourth-order valence-electron chi connectivity index (χ4n) is 4.19. The number of piperidine rings is 1. The van der Waals surface area contributed by atoms with E-state index in [0.717, 1.165) is 37.6 Å². The van der Waals surface area contributed by atoms with Crippen molar-refractivity contribution in [1.82, 2.24) is 0 Å². The summed E-state index contributed by atoms with van der Waals surface area (Å²) in [6.07, 6.45) is 7.17. The van der Waals surface area contributed by atoms with Gasteiger partial charge >= 0.3 is 0 Å². The van der Waals surface area contributed by atoms with Gasteiger partial charge in [-0.25, -0.2) is 0 Å². The minimum Gasteiger partial charge on any atom is -1.00 e. The molecule has 0 spiro atoms. The van der Waals surface area contributed by atoms with Crippen molar-refractivity contribution in [2.75, 3.05) is 33.4 Å². The topological polar surface area (TPSA) is 22.9 Å². The highest BCUT2D eigenvalue weighted by atomic mass is 35.5. The van der Waals surface area contributed by atoms with Gasteiger partial charge in [0.25, 0.3) is 0 Å². The summed E-state index contributed by atoms with van der Waals surface area (Å²) in [7, 11) is 2.30. The van der Waals surface area contributed by atoms with Crippen molar-refractivity contribution >= 4 is 0 Å². The van der Waals surface area contributed by atoms with E-state index in [1.165, 1.54) is 49.9 Å². The predicted molar refractivity (Wildman–Crippen MR) is 116 cm³/mol. The molecule has 0 amide bonds. The maximum atomic E-state index is 6.25. The molecule has 4 heteroatoms. The standard InChI is InChI=1S/C25H35NO2.ClH/c1-3-27-24-15-8-11-21(18-24)10-4-5-13-23-14-6-7-16-25(23)28-20-22-12-9-17-26(2)19-22;/h6-8,11,14-16,18,22H,3-5,9-10,12-13,17,19-20H2,1-2H3;1H. The average molecular weight is 418 g/mol. The predicted octanol–water partition coefficient (Wildman–Crippen LogP) is 0.958. The van der Waals surface area contributed by atoms with Crippen LogP contribution in [0.5, 0.6) is 11.5 Å². The van der Waals surface area contributed by atoms with Crippen LogP contribution < -0.4 is 26.8 Å². The zero-order chi connectivity index (χ0) is 19.6. The Labute approximate surface area is 182 Å². The highest BCUT2D eigenvalue weighted by Crippen LogP contribution is 2.22. The molecule has 2 aromatic carbocycles. The summed E-state index contributed by atoms with van der Waals surface area (Å²) in [4.78, 5) is 1.64. The van der Waals surface area contributed by atoms with E-state index in [4.69, 9.17) is 9.47 Å². The van der Waals surface area contributed by atoms with Crippen LogP contribution in [0.3, 0.4) is 0 Å².